The number of rotatable bonds is 2. The predicted molar refractivity (Wildman–Crippen MR) is 47.8 cm³/mol. The lowest BCUT2D eigenvalue weighted by molar-refractivity contribution is -0.131. The van der Waals surface area contributed by atoms with E-state index < -0.39 is 17.6 Å². The molecule has 1 aromatic rings. The number of halogens is 2. The van der Waals surface area contributed by atoms with Crippen molar-refractivity contribution in [1.82, 2.24) is 0 Å². The molecule has 0 aliphatic carbocycles. The quantitative estimate of drug-likeness (QED) is 0.740. The number of carbonyl (C=O) groups is 1. The highest BCUT2D eigenvalue weighted by Crippen LogP contribution is 2.16. The van der Waals surface area contributed by atoms with Gasteiger partial charge in [0.1, 0.15) is 11.6 Å². The van der Waals surface area contributed by atoms with E-state index in [0.29, 0.717) is 0 Å². The molecular weight excluding hydrogens is 190 g/mol. The van der Waals surface area contributed by atoms with Gasteiger partial charge in [-0.1, -0.05) is 0 Å². The number of carboxylic acid groups (broad SMARTS) is 1. The van der Waals surface area contributed by atoms with E-state index in [4.69, 9.17) is 5.11 Å². The van der Waals surface area contributed by atoms with Crippen molar-refractivity contribution in [2.75, 3.05) is 0 Å². The molecule has 0 bridgehead atoms. The molecule has 0 spiro atoms. The second-order valence-electron chi connectivity index (χ2n) is 2.75. The standard InChI is InChI=1S/C10H8F2O2/c1-6-8(11)4-2-7(10(6)12)3-5-9(13)14/h2-5H,1H3,(H,13,14). The molecule has 1 aromatic carbocycles. The van der Waals surface area contributed by atoms with E-state index in [2.05, 4.69) is 0 Å². The minimum Gasteiger partial charge on any atom is -0.478 e. The first-order chi connectivity index (χ1) is 6.52. The van der Waals surface area contributed by atoms with Crippen LogP contribution in [0.1, 0.15) is 11.1 Å². The second kappa shape index (κ2) is 4.00. The van der Waals surface area contributed by atoms with Gasteiger partial charge in [0.15, 0.2) is 0 Å². The number of aliphatic carboxylic acids is 1. The van der Waals surface area contributed by atoms with Crippen LogP contribution in [0.25, 0.3) is 6.08 Å². The van der Waals surface area contributed by atoms with E-state index in [1.165, 1.54) is 13.0 Å². The molecule has 74 valence electrons. The van der Waals surface area contributed by atoms with Crippen LogP contribution in [0.3, 0.4) is 0 Å². The van der Waals surface area contributed by atoms with Crippen LogP contribution >= 0.6 is 0 Å². The fourth-order valence-corrected chi connectivity index (χ4v) is 0.972. The number of hydrogen-bond donors (Lipinski definition) is 1. The van der Waals surface area contributed by atoms with Crippen molar-refractivity contribution in [2.45, 2.75) is 6.92 Å². The van der Waals surface area contributed by atoms with E-state index in [9.17, 15) is 13.6 Å². The van der Waals surface area contributed by atoms with Gasteiger partial charge in [0.2, 0.25) is 0 Å². The molecule has 1 N–H and O–H groups in total. The minimum atomic E-state index is -1.17. The molecule has 2 nitrogen and oxygen atoms in total. The third kappa shape index (κ3) is 2.16. The van der Waals surface area contributed by atoms with Crippen molar-refractivity contribution < 1.29 is 18.7 Å². The fraction of sp³-hybridized carbons (Fsp3) is 0.100. The van der Waals surface area contributed by atoms with Gasteiger partial charge in [-0.25, -0.2) is 13.6 Å². The van der Waals surface area contributed by atoms with Crippen LogP contribution in [0.5, 0.6) is 0 Å². The molecule has 0 unspecified atom stereocenters. The highest BCUT2D eigenvalue weighted by Gasteiger charge is 2.07. The van der Waals surface area contributed by atoms with Gasteiger partial charge in [0.05, 0.1) is 0 Å². The summed E-state index contributed by atoms with van der Waals surface area (Å²) in [6, 6.07) is 2.29. The Hall–Kier alpha value is -1.71. The van der Waals surface area contributed by atoms with Crippen LogP contribution in [0, 0.1) is 18.6 Å². The van der Waals surface area contributed by atoms with Gasteiger partial charge in [0.25, 0.3) is 0 Å². The first-order valence-corrected chi connectivity index (χ1v) is 3.88. The molecule has 0 atom stereocenters. The van der Waals surface area contributed by atoms with E-state index in [1.54, 1.807) is 0 Å². The summed E-state index contributed by atoms with van der Waals surface area (Å²) in [5.74, 6) is -2.55. The first kappa shape index (κ1) is 10.4. The summed E-state index contributed by atoms with van der Waals surface area (Å²) in [4.78, 5) is 10.2. The summed E-state index contributed by atoms with van der Waals surface area (Å²) in [5.41, 5.74) is -0.0520. The predicted octanol–water partition coefficient (Wildman–Crippen LogP) is 2.37. The zero-order valence-electron chi connectivity index (χ0n) is 7.42. The molecule has 4 heteroatoms. The molecule has 14 heavy (non-hydrogen) atoms. The van der Waals surface area contributed by atoms with Gasteiger partial charge >= 0.3 is 5.97 Å². The molecular formula is C10H8F2O2. The molecule has 0 aliphatic heterocycles. The van der Waals surface area contributed by atoms with Gasteiger partial charge in [-0.15, -0.1) is 0 Å². The van der Waals surface area contributed by atoms with Crippen molar-refractivity contribution >= 4 is 12.0 Å². The van der Waals surface area contributed by atoms with Crippen LogP contribution in [-0.2, 0) is 4.79 Å². The minimum absolute atomic E-state index is 0.0614. The Kier molecular flexibility index (Phi) is 2.96. The Balaban J connectivity index is 3.12. The third-order valence-corrected chi connectivity index (χ3v) is 1.76. The molecule has 1 rings (SSSR count). The Morgan fingerprint density at radius 1 is 1.43 bits per heavy atom. The highest BCUT2D eigenvalue weighted by molar-refractivity contribution is 5.85. The molecule has 0 radical (unpaired) electrons. The maximum absolute atomic E-state index is 13.2. The average molecular weight is 198 g/mol. The third-order valence-electron chi connectivity index (χ3n) is 1.76. The van der Waals surface area contributed by atoms with Crippen molar-refractivity contribution in [3.63, 3.8) is 0 Å². The number of hydrogen-bond acceptors (Lipinski definition) is 1. The molecule has 0 saturated carbocycles. The van der Waals surface area contributed by atoms with E-state index in [-0.39, 0.29) is 11.1 Å². The topological polar surface area (TPSA) is 37.3 Å². The highest BCUT2D eigenvalue weighted by atomic mass is 19.1. The van der Waals surface area contributed by atoms with Crippen molar-refractivity contribution in [3.05, 3.63) is 41.0 Å². The first-order valence-electron chi connectivity index (χ1n) is 3.88. The van der Waals surface area contributed by atoms with Gasteiger partial charge in [0, 0.05) is 17.2 Å². The monoisotopic (exact) mass is 198 g/mol. The Labute approximate surface area is 79.5 Å². The number of benzene rings is 1. The van der Waals surface area contributed by atoms with Crippen LogP contribution in [-0.4, -0.2) is 11.1 Å². The molecule has 0 amide bonds. The van der Waals surface area contributed by atoms with Crippen LogP contribution in [0.15, 0.2) is 18.2 Å². The van der Waals surface area contributed by atoms with Gasteiger partial charge < -0.3 is 5.11 Å². The zero-order chi connectivity index (χ0) is 10.7. The molecule has 0 aliphatic rings. The van der Waals surface area contributed by atoms with Gasteiger partial charge in [-0.05, 0) is 25.1 Å². The summed E-state index contributed by atoms with van der Waals surface area (Å²) in [5, 5.41) is 8.31. The lowest BCUT2D eigenvalue weighted by atomic mass is 10.1. The van der Waals surface area contributed by atoms with Crippen LogP contribution in [0.2, 0.25) is 0 Å². The molecule has 0 saturated heterocycles. The summed E-state index contributed by atoms with van der Waals surface area (Å²) >= 11 is 0. The summed E-state index contributed by atoms with van der Waals surface area (Å²) < 4.78 is 26.0. The zero-order valence-corrected chi connectivity index (χ0v) is 7.42. The largest absolute Gasteiger partial charge is 0.478 e. The van der Waals surface area contributed by atoms with Crippen molar-refractivity contribution in [2.24, 2.45) is 0 Å². The molecule has 0 aromatic heterocycles. The Morgan fingerprint density at radius 3 is 2.64 bits per heavy atom. The fourth-order valence-electron chi connectivity index (χ4n) is 0.972. The lowest BCUT2D eigenvalue weighted by Crippen LogP contribution is -1.93. The Bertz CT molecular complexity index is 397. The maximum Gasteiger partial charge on any atom is 0.328 e. The average Bonchev–Trinajstić information content (AvgIpc) is 2.13. The van der Waals surface area contributed by atoms with Crippen molar-refractivity contribution in [1.29, 1.82) is 0 Å². The smallest absolute Gasteiger partial charge is 0.328 e. The molecule has 0 fully saturated rings. The number of carboxylic acids is 1. The van der Waals surface area contributed by atoms with Gasteiger partial charge in [-0.2, -0.15) is 0 Å². The Morgan fingerprint density at radius 2 is 2.07 bits per heavy atom. The SMILES string of the molecule is Cc1c(F)ccc(C=CC(=O)O)c1F. The van der Waals surface area contributed by atoms with Crippen LogP contribution < -0.4 is 0 Å². The summed E-state index contributed by atoms with van der Waals surface area (Å²) in [6.07, 6.45) is 1.89. The van der Waals surface area contributed by atoms with Crippen LogP contribution in [0.4, 0.5) is 8.78 Å². The maximum atomic E-state index is 13.2. The second-order valence-corrected chi connectivity index (χ2v) is 2.75. The van der Waals surface area contributed by atoms with E-state index in [1.807, 2.05) is 0 Å². The van der Waals surface area contributed by atoms with E-state index >= 15 is 0 Å². The molecule has 0 heterocycles. The summed E-state index contributed by atoms with van der Waals surface area (Å²) in [6.45, 7) is 1.29. The van der Waals surface area contributed by atoms with Gasteiger partial charge in [-0.3, -0.25) is 0 Å². The summed E-state index contributed by atoms with van der Waals surface area (Å²) in [7, 11) is 0. The lowest BCUT2D eigenvalue weighted by Gasteiger charge is -2.01. The van der Waals surface area contributed by atoms with Crippen molar-refractivity contribution in [3.8, 4) is 0 Å². The normalized spacial score (nSPS) is 10.8. The van der Waals surface area contributed by atoms with E-state index in [0.717, 1.165) is 18.2 Å².